The molecule has 0 saturated carbocycles. The molecule has 2 aromatic heterocycles. The van der Waals surface area contributed by atoms with E-state index in [0.717, 1.165) is 53.4 Å². The Balaban J connectivity index is 1.35. The number of aryl methyl sites for hydroxylation is 2. The Labute approximate surface area is 232 Å². The minimum atomic E-state index is -0.228. The molecule has 1 aliphatic heterocycles. The summed E-state index contributed by atoms with van der Waals surface area (Å²) in [5.41, 5.74) is 4.25. The number of nitrogens with zero attached hydrogens (tertiary/aromatic N) is 5. The van der Waals surface area contributed by atoms with E-state index < -0.39 is 0 Å². The minimum absolute atomic E-state index is 0.228. The fraction of sp³-hybridized carbons (Fsp3) is 0.310. The summed E-state index contributed by atoms with van der Waals surface area (Å²) < 4.78 is 13.1. The second-order valence-corrected chi connectivity index (χ2v) is 10.0. The zero-order chi connectivity index (χ0) is 27.2. The van der Waals surface area contributed by atoms with Gasteiger partial charge >= 0.3 is 0 Å². The van der Waals surface area contributed by atoms with Crippen LogP contribution in [0.1, 0.15) is 23.9 Å². The topological polar surface area (TPSA) is 94.4 Å². The number of methoxy groups -OCH3 is 1. The maximum Gasteiger partial charge on any atom is 0.248 e. The molecule has 5 rings (SSSR count). The van der Waals surface area contributed by atoms with Gasteiger partial charge in [-0.1, -0.05) is 55.1 Å². The van der Waals surface area contributed by atoms with E-state index >= 15 is 0 Å². The lowest BCUT2D eigenvalue weighted by atomic mass is 10.2. The van der Waals surface area contributed by atoms with E-state index in [4.69, 9.17) is 24.4 Å². The zero-order valence-corrected chi connectivity index (χ0v) is 23.2. The minimum Gasteiger partial charge on any atom is -0.495 e. The summed E-state index contributed by atoms with van der Waals surface area (Å²) in [5, 5.41) is 3.62. The number of benzene rings is 2. The van der Waals surface area contributed by atoms with Crippen LogP contribution in [0.2, 0.25) is 0 Å². The normalized spacial score (nSPS) is 13.8. The van der Waals surface area contributed by atoms with E-state index in [1.807, 2.05) is 55.6 Å². The monoisotopic (exact) mass is 544 g/mol. The van der Waals surface area contributed by atoms with Gasteiger partial charge in [0.25, 0.3) is 0 Å². The van der Waals surface area contributed by atoms with Gasteiger partial charge in [-0.15, -0.1) is 0 Å². The molecule has 1 fully saturated rings. The maximum absolute atomic E-state index is 12.6. The maximum atomic E-state index is 12.6. The van der Waals surface area contributed by atoms with Crippen LogP contribution in [0.4, 0.5) is 11.5 Å². The lowest BCUT2D eigenvalue weighted by Crippen LogP contribution is -2.37. The molecule has 2 aromatic carbocycles. The van der Waals surface area contributed by atoms with Crippen LogP contribution >= 0.6 is 11.8 Å². The molecule has 0 bridgehead atoms. The van der Waals surface area contributed by atoms with Crippen molar-refractivity contribution >= 4 is 46.4 Å². The van der Waals surface area contributed by atoms with Gasteiger partial charge in [0, 0.05) is 38.4 Å². The van der Waals surface area contributed by atoms with E-state index in [9.17, 15) is 4.79 Å². The smallest absolute Gasteiger partial charge is 0.248 e. The Morgan fingerprint density at radius 1 is 1.13 bits per heavy atom. The third-order valence-electron chi connectivity index (χ3n) is 6.52. The molecule has 1 N–H and O–H groups in total. The largest absolute Gasteiger partial charge is 0.495 e. The molecule has 1 amide bonds. The number of carbonyl (C=O) groups is 1. The number of carbonyl (C=O) groups excluding carboxylic acids is 1. The van der Waals surface area contributed by atoms with Crippen LogP contribution in [0.15, 0.2) is 59.8 Å². The van der Waals surface area contributed by atoms with Crippen molar-refractivity contribution in [3.05, 3.63) is 71.6 Å². The molecule has 0 unspecified atom stereocenters. The molecule has 1 saturated heterocycles. The van der Waals surface area contributed by atoms with Crippen LogP contribution < -0.4 is 15.0 Å². The van der Waals surface area contributed by atoms with Crippen LogP contribution in [0, 0.1) is 0 Å². The first-order valence-corrected chi connectivity index (χ1v) is 13.9. The summed E-state index contributed by atoms with van der Waals surface area (Å²) in [6.07, 6.45) is 4.12. The van der Waals surface area contributed by atoms with Crippen molar-refractivity contribution in [3.8, 4) is 5.75 Å². The van der Waals surface area contributed by atoms with Gasteiger partial charge in [0.15, 0.2) is 22.1 Å². The number of hydrogen-bond donors (Lipinski definition) is 1. The first-order chi connectivity index (χ1) is 19.1. The molecular formula is C29H32N6O3S. The number of morpholine rings is 1. The molecular weight excluding hydrogens is 512 g/mol. The van der Waals surface area contributed by atoms with E-state index in [-0.39, 0.29) is 5.91 Å². The van der Waals surface area contributed by atoms with E-state index in [1.165, 1.54) is 6.08 Å². The number of hydrogen-bond acceptors (Lipinski definition) is 8. The van der Waals surface area contributed by atoms with Crippen molar-refractivity contribution < 1.29 is 14.3 Å². The Morgan fingerprint density at radius 2 is 1.92 bits per heavy atom. The fourth-order valence-corrected chi connectivity index (χ4v) is 5.23. The van der Waals surface area contributed by atoms with Crippen molar-refractivity contribution in [2.45, 2.75) is 24.3 Å². The number of fused-ring (bicyclic) bond motifs is 1. The molecule has 202 valence electrons. The van der Waals surface area contributed by atoms with Gasteiger partial charge in [-0.05, 0) is 29.3 Å². The van der Waals surface area contributed by atoms with Gasteiger partial charge in [0.2, 0.25) is 5.91 Å². The summed E-state index contributed by atoms with van der Waals surface area (Å²) in [5.74, 6) is 2.83. The molecule has 3 heterocycles. The van der Waals surface area contributed by atoms with Gasteiger partial charge < -0.3 is 24.3 Å². The van der Waals surface area contributed by atoms with Crippen molar-refractivity contribution in [1.29, 1.82) is 0 Å². The van der Waals surface area contributed by atoms with E-state index in [0.29, 0.717) is 35.6 Å². The first-order valence-electron chi connectivity index (χ1n) is 13.0. The molecule has 0 spiro atoms. The van der Waals surface area contributed by atoms with Crippen LogP contribution in [0.25, 0.3) is 17.2 Å². The van der Waals surface area contributed by atoms with Crippen LogP contribution in [-0.2, 0) is 28.8 Å². The summed E-state index contributed by atoms with van der Waals surface area (Å²) >= 11 is 1.55. The third kappa shape index (κ3) is 6.23. The molecule has 4 aromatic rings. The van der Waals surface area contributed by atoms with Gasteiger partial charge in [-0.2, -0.15) is 0 Å². The highest BCUT2D eigenvalue weighted by Gasteiger charge is 2.22. The predicted octanol–water partition coefficient (Wildman–Crippen LogP) is 4.72. The molecule has 0 atom stereocenters. The number of rotatable bonds is 9. The Hall–Kier alpha value is -3.89. The fourth-order valence-electron chi connectivity index (χ4n) is 4.45. The number of aromatic nitrogens is 4. The molecule has 39 heavy (non-hydrogen) atoms. The molecule has 0 radical (unpaired) electrons. The predicted molar refractivity (Wildman–Crippen MR) is 155 cm³/mol. The lowest BCUT2D eigenvalue weighted by Gasteiger charge is -2.28. The summed E-state index contributed by atoms with van der Waals surface area (Å²) in [4.78, 5) is 29.5. The van der Waals surface area contributed by atoms with E-state index in [2.05, 4.69) is 21.7 Å². The quantitative estimate of drug-likeness (QED) is 0.184. The molecule has 10 heteroatoms. The van der Waals surface area contributed by atoms with Gasteiger partial charge in [-0.25, -0.2) is 15.0 Å². The number of imidazole rings is 1. The van der Waals surface area contributed by atoms with Gasteiger partial charge in [-0.3, -0.25) is 4.79 Å². The van der Waals surface area contributed by atoms with Crippen molar-refractivity contribution in [2.75, 3.05) is 43.6 Å². The van der Waals surface area contributed by atoms with Gasteiger partial charge in [0.05, 0.1) is 26.0 Å². The highest BCUT2D eigenvalue weighted by molar-refractivity contribution is 7.98. The van der Waals surface area contributed by atoms with Crippen molar-refractivity contribution in [2.24, 2.45) is 7.05 Å². The number of anilines is 2. The number of ether oxygens (including phenoxy) is 2. The van der Waals surface area contributed by atoms with Crippen LogP contribution in [-0.4, -0.2) is 58.8 Å². The number of nitrogens with one attached hydrogen (secondary N) is 1. The molecule has 1 aliphatic rings. The Bertz CT molecular complexity index is 1480. The second-order valence-electron chi connectivity index (χ2n) is 9.10. The Kier molecular flexibility index (Phi) is 8.43. The van der Waals surface area contributed by atoms with Crippen LogP contribution in [0.3, 0.4) is 0 Å². The SMILES string of the molecule is CCc1nc2c(N3CCOCC3)nc(SCc3ccc(OC)c(NC(=O)C=Cc4ccccc4)c3)nc2n1C. The summed E-state index contributed by atoms with van der Waals surface area (Å²) in [6.45, 7) is 4.98. The Morgan fingerprint density at radius 3 is 2.67 bits per heavy atom. The molecule has 0 aliphatic carbocycles. The average molecular weight is 545 g/mol. The number of amides is 1. The second kappa shape index (κ2) is 12.3. The average Bonchev–Trinajstić information content (AvgIpc) is 3.31. The third-order valence-corrected chi connectivity index (χ3v) is 7.43. The summed E-state index contributed by atoms with van der Waals surface area (Å²) in [7, 11) is 3.59. The highest BCUT2D eigenvalue weighted by atomic mass is 32.2. The first kappa shape index (κ1) is 26.7. The van der Waals surface area contributed by atoms with Gasteiger partial charge in [0.1, 0.15) is 11.6 Å². The van der Waals surface area contributed by atoms with Crippen molar-refractivity contribution in [1.82, 2.24) is 19.5 Å². The van der Waals surface area contributed by atoms with E-state index in [1.54, 1.807) is 24.9 Å². The zero-order valence-electron chi connectivity index (χ0n) is 22.4. The lowest BCUT2D eigenvalue weighted by molar-refractivity contribution is -0.111. The standard InChI is InChI=1S/C29H32N6O3S/c1-4-24-31-26-27(34(24)2)32-29(33-28(26)35-14-16-38-17-15-35)39-19-21-10-12-23(37-3)22(18-21)30-25(36)13-11-20-8-6-5-7-9-20/h5-13,18H,4,14-17,19H2,1-3H3,(H,30,36). The summed E-state index contributed by atoms with van der Waals surface area (Å²) in [6, 6.07) is 15.5. The molecule has 9 nitrogen and oxygen atoms in total. The van der Waals surface area contributed by atoms with Crippen molar-refractivity contribution in [3.63, 3.8) is 0 Å². The van der Waals surface area contributed by atoms with Crippen LogP contribution in [0.5, 0.6) is 5.75 Å². The highest BCUT2D eigenvalue weighted by Crippen LogP contribution is 2.31. The number of thioether (sulfide) groups is 1.